The molecule has 1 saturated carbocycles. The number of benzene rings is 1. The first-order valence-corrected chi connectivity index (χ1v) is 6.29. The van der Waals surface area contributed by atoms with E-state index in [9.17, 15) is 0 Å². The molecule has 1 aliphatic carbocycles. The summed E-state index contributed by atoms with van der Waals surface area (Å²) >= 11 is 0. The summed E-state index contributed by atoms with van der Waals surface area (Å²) in [5, 5.41) is 0. The summed E-state index contributed by atoms with van der Waals surface area (Å²) in [5.74, 6) is 2.39. The highest BCUT2D eigenvalue weighted by atomic mass is 16.5. The molecule has 2 N–H and O–H groups in total. The van der Waals surface area contributed by atoms with E-state index in [-0.39, 0.29) is 0 Å². The van der Waals surface area contributed by atoms with E-state index in [0.29, 0.717) is 17.5 Å². The van der Waals surface area contributed by atoms with Gasteiger partial charge in [-0.05, 0) is 43.7 Å². The summed E-state index contributed by atoms with van der Waals surface area (Å²) in [4.78, 5) is 0. The monoisotopic (exact) mass is 235 g/mol. The smallest absolute Gasteiger partial charge is 0.145 e. The molecule has 0 bridgehead atoms. The van der Waals surface area contributed by atoms with Crippen molar-refractivity contribution in [3.05, 3.63) is 18.2 Å². The summed E-state index contributed by atoms with van der Waals surface area (Å²) in [6.45, 7) is 2.31. The van der Waals surface area contributed by atoms with Crippen molar-refractivity contribution in [2.45, 2.75) is 38.7 Å². The van der Waals surface area contributed by atoms with E-state index in [1.54, 1.807) is 7.11 Å². The van der Waals surface area contributed by atoms with Crippen LogP contribution in [-0.2, 0) is 0 Å². The minimum Gasteiger partial charge on any atom is -0.494 e. The summed E-state index contributed by atoms with van der Waals surface area (Å²) in [5.41, 5.74) is 6.42. The number of methoxy groups -OCH3 is 1. The lowest BCUT2D eigenvalue weighted by molar-refractivity contribution is 0.135. The maximum Gasteiger partial charge on any atom is 0.145 e. The van der Waals surface area contributed by atoms with Crippen LogP contribution in [0.4, 0.5) is 5.69 Å². The second-order valence-electron chi connectivity index (χ2n) is 4.90. The quantitative estimate of drug-likeness (QED) is 0.818. The summed E-state index contributed by atoms with van der Waals surface area (Å²) in [6, 6.07) is 5.61. The Morgan fingerprint density at radius 3 is 2.53 bits per heavy atom. The van der Waals surface area contributed by atoms with Gasteiger partial charge in [-0.15, -0.1) is 0 Å². The Kier molecular flexibility index (Phi) is 3.77. The first-order valence-electron chi connectivity index (χ1n) is 6.29. The zero-order valence-electron chi connectivity index (χ0n) is 10.6. The number of nitrogens with two attached hydrogens (primary N) is 1. The van der Waals surface area contributed by atoms with Crippen molar-refractivity contribution in [2.24, 2.45) is 5.92 Å². The molecule has 0 aromatic heterocycles. The van der Waals surface area contributed by atoms with Gasteiger partial charge in [0.15, 0.2) is 0 Å². The maximum atomic E-state index is 5.97. The first-order chi connectivity index (χ1) is 8.19. The van der Waals surface area contributed by atoms with Gasteiger partial charge in [0, 0.05) is 6.07 Å². The summed E-state index contributed by atoms with van der Waals surface area (Å²) < 4.78 is 11.2. The van der Waals surface area contributed by atoms with Crippen molar-refractivity contribution in [2.75, 3.05) is 12.8 Å². The van der Waals surface area contributed by atoms with Crippen LogP contribution in [0.3, 0.4) is 0 Å². The third-order valence-electron chi connectivity index (χ3n) is 3.47. The van der Waals surface area contributed by atoms with Gasteiger partial charge >= 0.3 is 0 Å². The number of hydrogen-bond acceptors (Lipinski definition) is 3. The molecule has 3 heteroatoms. The number of hydrogen-bond donors (Lipinski definition) is 1. The number of rotatable bonds is 3. The fourth-order valence-electron chi connectivity index (χ4n) is 2.30. The molecule has 1 aromatic carbocycles. The van der Waals surface area contributed by atoms with E-state index in [4.69, 9.17) is 15.2 Å². The van der Waals surface area contributed by atoms with E-state index >= 15 is 0 Å². The van der Waals surface area contributed by atoms with E-state index in [0.717, 1.165) is 24.5 Å². The van der Waals surface area contributed by atoms with Gasteiger partial charge in [-0.3, -0.25) is 0 Å². The van der Waals surface area contributed by atoms with Gasteiger partial charge in [-0.1, -0.05) is 6.92 Å². The van der Waals surface area contributed by atoms with Crippen molar-refractivity contribution < 1.29 is 9.47 Å². The predicted octanol–water partition coefficient (Wildman–Crippen LogP) is 3.23. The Balaban J connectivity index is 1.99. The van der Waals surface area contributed by atoms with Crippen LogP contribution in [-0.4, -0.2) is 13.2 Å². The van der Waals surface area contributed by atoms with Crippen LogP contribution < -0.4 is 15.2 Å². The number of nitrogen functional groups attached to an aromatic ring is 1. The Bertz CT molecular complexity index is 370. The largest absolute Gasteiger partial charge is 0.494 e. The molecule has 2 rings (SSSR count). The maximum absolute atomic E-state index is 5.97. The van der Waals surface area contributed by atoms with Crippen LogP contribution in [0.15, 0.2) is 18.2 Å². The summed E-state index contributed by atoms with van der Waals surface area (Å²) in [6.07, 6.45) is 5.16. The van der Waals surface area contributed by atoms with E-state index < -0.39 is 0 Å². The minimum atomic E-state index is 0.347. The summed E-state index contributed by atoms with van der Waals surface area (Å²) in [7, 11) is 1.62. The molecule has 0 atom stereocenters. The van der Waals surface area contributed by atoms with Crippen LogP contribution >= 0.6 is 0 Å². The number of anilines is 1. The van der Waals surface area contributed by atoms with Gasteiger partial charge in [0.1, 0.15) is 11.5 Å². The van der Waals surface area contributed by atoms with Crippen molar-refractivity contribution in [1.82, 2.24) is 0 Å². The fraction of sp³-hybridized carbons (Fsp3) is 0.571. The highest BCUT2D eigenvalue weighted by Crippen LogP contribution is 2.30. The van der Waals surface area contributed by atoms with Gasteiger partial charge in [0.2, 0.25) is 0 Å². The molecule has 1 aliphatic rings. The molecule has 0 spiro atoms. The Morgan fingerprint density at radius 2 is 1.88 bits per heavy atom. The van der Waals surface area contributed by atoms with Crippen molar-refractivity contribution in [1.29, 1.82) is 0 Å². The standard InChI is InChI=1S/C14H21NO2/c1-10-3-5-11(6-4-10)17-12-7-8-13(15)14(9-12)16-2/h7-11H,3-6,15H2,1-2H3. The fourth-order valence-corrected chi connectivity index (χ4v) is 2.30. The molecule has 0 amide bonds. The molecular weight excluding hydrogens is 214 g/mol. The lowest BCUT2D eigenvalue weighted by Gasteiger charge is -2.27. The van der Waals surface area contributed by atoms with E-state index in [1.165, 1.54) is 12.8 Å². The molecule has 0 unspecified atom stereocenters. The lowest BCUT2D eigenvalue weighted by Crippen LogP contribution is -2.23. The van der Waals surface area contributed by atoms with Gasteiger partial charge in [-0.25, -0.2) is 0 Å². The molecule has 94 valence electrons. The third kappa shape index (κ3) is 3.05. The normalized spacial score (nSPS) is 24.4. The SMILES string of the molecule is COc1cc(OC2CCC(C)CC2)ccc1N. The molecule has 0 aliphatic heterocycles. The highest BCUT2D eigenvalue weighted by molar-refractivity contribution is 5.55. The number of ether oxygens (including phenoxy) is 2. The Hall–Kier alpha value is -1.38. The van der Waals surface area contributed by atoms with E-state index in [2.05, 4.69) is 6.92 Å². The molecule has 3 nitrogen and oxygen atoms in total. The van der Waals surface area contributed by atoms with Crippen molar-refractivity contribution >= 4 is 5.69 Å². The van der Waals surface area contributed by atoms with Crippen LogP contribution in [0.2, 0.25) is 0 Å². The molecule has 0 saturated heterocycles. The zero-order valence-corrected chi connectivity index (χ0v) is 10.6. The second-order valence-corrected chi connectivity index (χ2v) is 4.90. The van der Waals surface area contributed by atoms with Gasteiger partial charge in [0.05, 0.1) is 18.9 Å². The van der Waals surface area contributed by atoms with Crippen LogP contribution in [0.25, 0.3) is 0 Å². The predicted molar refractivity (Wildman–Crippen MR) is 69.5 cm³/mol. The van der Waals surface area contributed by atoms with Gasteiger partial charge in [0.25, 0.3) is 0 Å². The molecule has 0 heterocycles. The Morgan fingerprint density at radius 1 is 1.18 bits per heavy atom. The Labute approximate surface area is 103 Å². The van der Waals surface area contributed by atoms with Gasteiger partial charge < -0.3 is 15.2 Å². The minimum absolute atomic E-state index is 0.347. The highest BCUT2D eigenvalue weighted by Gasteiger charge is 2.19. The molecular formula is C14H21NO2. The van der Waals surface area contributed by atoms with Gasteiger partial charge in [-0.2, -0.15) is 0 Å². The molecule has 17 heavy (non-hydrogen) atoms. The molecule has 1 aromatic rings. The van der Waals surface area contributed by atoms with Crippen LogP contribution in [0.1, 0.15) is 32.6 Å². The zero-order chi connectivity index (χ0) is 12.3. The third-order valence-corrected chi connectivity index (χ3v) is 3.47. The van der Waals surface area contributed by atoms with Crippen molar-refractivity contribution in [3.8, 4) is 11.5 Å². The first kappa shape index (κ1) is 12.1. The van der Waals surface area contributed by atoms with Crippen LogP contribution in [0.5, 0.6) is 11.5 Å². The lowest BCUT2D eigenvalue weighted by atomic mass is 9.89. The second kappa shape index (κ2) is 5.30. The van der Waals surface area contributed by atoms with Crippen LogP contribution in [0, 0.1) is 5.92 Å². The van der Waals surface area contributed by atoms with E-state index in [1.807, 2.05) is 18.2 Å². The molecule has 1 fully saturated rings. The topological polar surface area (TPSA) is 44.5 Å². The molecule has 0 radical (unpaired) electrons. The average Bonchev–Trinajstić information content (AvgIpc) is 2.34. The average molecular weight is 235 g/mol. The van der Waals surface area contributed by atoms with Crippen molar-refractivity contribution in [3.63, 3.8) is 0 Å².